The lowest BCUT2D eigenvalue weighted by Crippen LogP contribution is -3.09. The molecular weight excluding hydrogens is 660 g/mol. The molecule has 0 amide bonds. The van der Waals surface area contributed by atoms with Crippen LogP contribution >= 0.6 is 0 Å². The van der Waals surface area contributed by atoms with Crippen molar-refractivity contribution in [2.45, 2.75) is 75.2 Å². The number of hydrogen-bond acceptors (Lipinski definition) is 13. The largest absolute Gasteiger partial charge is 0.478 e. The topological polar surface area (TPSA) is 268 Å². The van der Waals surface area contributed by atoms with E-state index < -0.39 is 67.4 Å². The third-order valence-electron chi connectivity index (χ3n) is 9.00. The molecule has 9 atom stereocenters. The number of aliphatic hydroxyl groups excluding tert-OH is 6. The molecular formula is C33H49N4O13+. The van der Waals surface area contributed by atoms with Crippen molar-refractivity contribution in [3.8, 4) is 0 Å². The smallest absolute Gasteiger partial charge is 0.339 e. The number of carbonyl (C=O) groups is 2. The number of aliphatic carboxylic acids is 1. The number of carboxylic acids is 1. The molecule has 1 saturated heterocycles. The minimum Gasteiger partial charge on any atom is -0.478 e. The number of aliphatic hydroxyl groups is 6. The predicted molar refractivity (Wildman–Crippen MR) is 174 cm³/mol. The van der Waals surface area contributed by atoms with E-state index in [-0.39, 0.29) is 61.8 Å². The van der Waals surface area contributed by atoms with Gasteiger partial charge in [-0.25, -0.2) is 9.59 Å². The summed E-state index contributed by atoms with van der Waals surface area (Å²) >= 11 is 0. The van der Waals surface area contributed by atoms with Crippen LogP contribution in [-0.2, 0) is 28.5 Å². The fourth-order valence-electron chi connectivity index (χ4n) is 6.26. The van der Waals surface area contributed by atoms with E-state index in [1.165, 1.54) is 12.3 Å². The van der Waals surface area contributed by atoms with Crippen LogP contribution in [0.1, 0.15) is 32.1 Å². The average Bonchev–Trinajstić information content (AvgIpc) is 3.61. The molecule has 4 aliphatic rings. The van der Waals surface area contributed by atoms with Crippen molar-refractivity contribution < 1.29 is 69.2 Å². The number of nitrogens with zero attached hydrogens (tertiary/aromatic N) is 1. The van der Waals surface area contributed by atoms with Crippen molar-refractivity contribution in [3.63, 3.8) is 0 Å². The van der Waals surface area contributed by atoms with Gasteiger partial charge in [-0.1, -0.05) is 18.2 Å². The van der Waals surface area contributed by atoms with Crippen molar-refractivity contribution in [1.29, 1.82) is 0 Å². The molecule has 0 bridgehead atoms. The van der Waals surface area contributed by atoms with Gasteiger partial charge in [0.15, 0.2) is 12.2 Å². The maximum atomic E-state index is 13.6. The first-order chi connectivity index (χ1) is 24.0. The predicted octanol–water partition coefficient (Wildman–Crippen LogP) is -3.10. The second-order valence-corrected chi connectivity index (χ2v) is 12.5. The van der Waals surface area contributed by atoms with E-state index in [4.69, 9.17) is 29.8 Å². The highest BCUT2D eigenvalue weighted by atomic mass is 16.8. The average molecular weight is 710 g/mol. The molecule has 0 aromatic heterocycles. The Morgan fingerprint density at radius 1 is 1.10 bits per heavy atom. The lowest BCUT2D eigenvalue weighted by atomic mass is 9.83. The highest BCUT2D eigenvalue weighted by Crippen LogP contribution is 2.37. The van der Waals surface area contributed by atoms with Crippen molar-refractivity contribution >= 4 is 17.9 Å². The Bertz CT molecular complexity index is 1360. The molecule has 17 nitrogen and oxygen atoms in total. The molecule has 1 saturated carbocycles. The van der Waals surface area contributed by atoms with Crippen LogP contribution in [0.3, 0.4) is 0 Å². The number of guanidine groups is 1. The molecule has 2 fully saturated rings. The molecule has 0 aromatic rings. The molecule has 3 heterocycles. The van der Waals surface area contributed by atoms with Crippen LogP contribution in [0.15, 0.2) is 64.7 Å². The normalized spacial score (nSPS) is 32.4. The maximum absolute atomic E-state index is 13.6. The summed E-state index contributed by atoms with van der Waals surface area (Å²) in [6, 6.07) is 0. The van der Waals surface area contributed by atoms with Crippen LogP contribution < -0.4 is 16.0 Å². The van der Waals surface area contributed by atoms with Gasteiger partial charge in [0, 0.05) is 19.1 Å². The Morgan fingerprint density at radius 2 is 1.84 bits per heavy atom. The fraction of sp³-hybridized carbons (Fsp3) is 0.606. The molecule has 1 unspecified atom stereocenters. The molecule has 0 spiro atoms. The number of nitrogens with one attached hydrogen (secondary N) is 2. The Labute approximate surface area is 289 Å². The summed E-state index contributed by atoms with van der Waals surface area (Å²) in [6.07, 6.45) is 1.76. The van der Waals surface area contributed by atoms with Gasteiger partial charge in [-0.15, -0.1) is 6.58 Å². The SMILES string of the molecule is C=C[C@H]1[C@H](O[C@@H]2O[C@H](CO)[C@@H](O)[C@H](O)[C@H]2O)OC=C(C(=O)OC2CCCC2)[C@H]1/C=C\C1=C[NH+](CCO)CC(C(=O)O)=C1NC(N)=NCCCO. The van der Waals surface area contributed by atoms with E-state index in [0.29, 0.717) is 29.7 Å². The summed E-state index contributed by atoms with van der Waals surface area (Å²) in [5, 5.41) is 72.5. The first kappa shape index (κ1) is 39.1. The summed E-state index contributed by atoms with van der Waals surface area (Å²) in [5.41, 5.74) is 6.62. The van der Waals surface area contributed by atoms with Gasteiger partial charge in [0.05, 0.1) is 42.2 Å². The number of nitrogens with two attached hydrogens (primary N) is 1. The van der Waals surface area contributed by atoms with Crippen molar-refractivity contribution in [1.82, 2.24) is 5.32 Å². The first-order valence-corrected chi connectivity index (χ1v) is 16.7. The van der Waals surface area contributed by atoms with Gasteiger partial charge < -0.3 is 70.6 Å². The van der Waals surface area contributed by atoms with Gasteiger partial charge >= 0.3 is 11.9 Å². The highest BCUT2D eigenvalue weighted by molar-refractivity contribution is 5.92. The highest BCUT2D eigenvalue weighted by Gasteiger charge is 2.47. The third kappa shape index (κ3) is 9.56. The Balaban J connectivity index is 1.71. The van der Waals surface area contributed by atoms with Crippen LogP contribution in [0.2, 0.25) is 0 Å². The van der Waals surface area contributed by atoms with Crippen LogP contribution in [0.25, 0.3) is 0 Å². The molecule has 50 heavy (non-hydrogen) atoms. The van der Waals surface area contributed by atoms with Crippen LogP contribution in [0, 0.1) is 11.8 Å². The summed E-state index contributed by atoms with van der Waals surface area (Å²) < 4.78 is 23.1. The molecule has 278 valence electrons. The number of carboxylic acid groups (broad SMARTS) is 1. The van der Waals surface area contributed by atoms with Crippen molar-refractivity contribution in [2.24, 2.45) is 22.6 Å². The van der Waals surface area contributed by atoms with Crippen molar-refractivity contribution in [2.75, 3.05) is 39.5 Å². The summed E-state index contributed by atoms with van der Waals surface area (Å²) in [6.45, 7) is 3.30. The number of ether oxygens (including phenoxy) is 4. The quantitative estimate of drug-likeness (QED) is 0.0265. The molecule has 4 rings (SSSR count). The monoisotopic (exact) mass is 709 g/mol. The summed E-state index contributed by atoms with van der Waals surface area (Å²) in [5.74, 6) is -3.67. The number of hydrogen-bond donors (Lipinski definition) is 10. The van der Waals surface area contributed by atoms with Crippen LogP contribution in [0.4, 0.5) is 0 Å². The number of carbonyl (C=O) groups excluding carboxylic acids is 1. The summed E-state index contributed by atoms with van der Waals surface area (Å²) in [7, 11) is 0. The number of quaternary nitrogens is 1. The van der Waals surface area contributed by atoms with E-state index in [9.17, 15) is 40.2 Å². The molecule has 17 heteroatoms. The fourth-order valence-corrected chi connectivity index (χ4v) is 6.26. The van der Waals surface area contributed by atoms with E-state index in [2.05, 4.69) is 16.9 Å². The first-order valence-electron chi connectivity index (χ1n) is 16.7. The third-order valence-corrected chi connectivity index (χ3v) is 9.00. The van der Waals surface area contributed by atoms with Gasteiger partial charge in [0.1, 0.15) is 55.4 Å². The molecule has 0 aromatic carbocycles. The van der Waals surface area contributed by atoms with Gasteiger partial charge in [0.2, 0.25) is 6.29 Å². The molecule has 1 aliphatic carbocycles. The number of aliphatic imine (C=N–C) groups is 1. The zero-order valence-corrected chi connectivity index (χ0v) is 27.7. The number of allylic oxidation sites excluding steroid dienone is 2. The Morgan fingerprint density at radius 3 is 2.48 bits per heavy atom. The maximum Gasteiger partial charge on any atom is 0.339 e. The van der Waals surface area contributed by atoms with Gasteiger partial charge in [-0.3, -0.25) is 4.99 Å². The van der Waals surface area contributed by atoms with Crippen molar-refractivity contribution in [3.05, 3.63) is 59.7 Å². The van der Waals surface area contributed by atoms with E-state index in [1.807, 2.05) is 0 Å². The van der Waals surface area contributed by atoms with Gasteiger partial charge in [-0.05, 0) is 32.1 Å². The minimum atomic E-state index is -1.72. The molecule has 11 N–H and O–H groups in total. The van der Waals surface area contributed by atoms with Crippen LogP contribution in [-0.4, -0.2) is 136 Å². The number of esters is 1. The minimum absolute atomic E-state index is 0.0138. The molecule has 3 aliphatic heterocycles. The second-order valence-electron chi connectivity index (χ2n) is 12.5. The van der Waals surface area contributed by atoms with Crippen LogP contribution in [0.5, 0.6) is 0 Å². The second kappa shape index (κ2) is 18.5. The lowest BCUT2D eigenvalue weighted by Gasteiger charge is -2.42. The van der Waals surface area contributed by atoms with Gasteiger partial charge in [-0.2, -0.15) is 0 Å². The van der Waals surface area contributed by atoms with Gasteiger partial charge in [0.25, 0.3) is 0 Å². The summed E-state index contributed by atoms with van der Waals surface area (Å²) in [4.78, 5) is 30.8. The standard InChI is InChI=1S/C33H48N4O13/c1-2-20-21(9-8-18-14-37(11-13-39)15-22(29(44)45)25(18)36-33(34)35-10-5-12-38)23(30(46)48-19-6-3-4-7-19)17-47-31(20)50-32-28(43)27(42)26(41)24(16-40)49-32/h2,8-9,14,17,19-21,24,26-28,31-32,38-43H,1,3-7,10-13,15-16H2,(H,44,45)(H3,34,35,36)/p+1/b9-8-/t20-,21+,24-,26-,27+,28-,31+,32+/m1/s1. The zero-order valence-electron chi connectivity index (χ0n) is 27.7. The van der Waals surface area contributed by atoms with E-state index in [1.54, 1.807) is 18.4 Å². The lowest BCUT2D eigenvalue weighted by molar-refractivity contribution is -0.843. The zero-order chi connectivity index (χ0) is 36.4. The Kier molecular flexibility index (Phi) is 14.5. The Hall–Kier alpha value is -3.65. The number of rotatable bonds is 15. The molecule has 0 radical (unpaired) electrons. The van der Waals surface area contributed by atoms with E-state index in [0.717, 1.165) is 12.8 Å². The van der Waals surface area contributed by atoms with E-state index >= 15 is 0 Å².